The van der Waals surface area contributed by atoms with Gasteiger partial charge in [0.25, 0.3) is 0 Å². The van der Waals surface area contributed by atoms with Crippen LogP contribution >= 0.6 is 27.5 Å². The highest BCUT2D eigenvalue weighted by Crippen LogP contribution is 2.20. The molecule has 2 rings (SSSR count). The van der Waals surface area contributed by atoms with Gasteiger partial charge in [0.2, 0.25) is 0 Å². The van der Waals surface area contributed by atoms with Crippen LogP contribution in [0.15, 0.2) is 46.9 Å². The zero-order valence-electron chi connectivity index (χ0n) is 10.5. The fourth-order valence-electron chi connectivity index (χ4n) is 1.94. The fraction of sp³-hybridized carbons (Fsp3) is 0.200. The molecule has 0 N–H and O–H groups in total. The largest absolute Gasteiger partial charge is 0.298 e. The van der Waals surface area contributed by atoms with Crippen LogP contribution in [0.2, 0.25) is 5.02 Å². The minimum Gasteiger partial charge on any atom is -0.298 e. The summed E-state index contributed by atoms with van der Waals surface area (Å²) >= 11 is 9.35. The Balaban J connectivity index is 2.03. The lowest BCUT2D eigenvalue weighted by molar-refractivity contribution is 0.318. The molecule has 0 aliphatic heterocycles. The Morgan fingerprint density at radius 2 is 1.95 bits per heavy atom. The first-order valence-corrected chi connectivity index (χ1v) is 7.08. The van der Waals surface area contributed by atoms with Crippen LogP contribution in [0.1, 0.15) is 11.1 Å². The summed E-state index contributed by atoms with van der Waals surface area (Å²) in [6.07, 6.45) is 0. The maximum atomic E-state index is 13.0. The molecule has 0 aliphatic rings. The quantitative estimate of drug-likeness (QED) is 0.766. The van der Waals surface area contributed by atoms with Crippen LogP contribution in [0.3, 0.4) is 0 Å². The van der Waals surface area contributed by atoms with Crippen molar-refractivity contribution < 1.29 is 4.39 Å². The van der Waals surface area contributed by atoms with Gasteiger partial charge < -0.3 is 0 Å². The molecule has 1 nitrogen and oxygen atoms in total. The van der Waals surface area contributed by atoms with Crippen LogP contribution in [-0.2, 0) is 13.1 Å². The van der Waals surface area contributed by atoms with Crippen molar-refractivity contribution in [1.82, 2.24) is 4.90 Å². The van der Waals surface area contributed by atoms with Crippen LogP contribution in [0.25, 0.3) is 0 Å². The predicted molar refractivity (Wildman–Crippen MR) is 80.7 cm³/mol. The molecule has 0 amide bonds. The molecule has 4 heteroatoms. The molecule has 0 heterocycles. The first-order valence-electron chi connectivity index (χ1n) is 5.91. The second-order valence-corrected chi connectivity index (χ2v) is 5.83. The molecule has 100 valence electrons. The molecule has 0 atom stereocenters. The van der Waals surface area contributed by atoms with Gasteiger partial charge in [0.15, 0.2) is 0 Å². The molecule has 0 spiro atoms. The van der Waals surface area contributed by atoms with Gasteiger partial charge in [-0.1, -0.05) is 45.7 Å². The summed E-state index contributed by atoms with van der Waals surface area (Å²) in [6.45, 7) is 1.54. The highest BCUT2D eigenvalue weighted by molar-refractivity contribution is 9.10. The monoisotopic (exact) mass is 341 g/mol. The molecule has 0 radical (unpaired) electrons. The average Bonchev–Trinajstić information content (AvgIpc) is 2.33. The standard InChI is InChI=1S/C15H14BrClFN/c1-19(9-11-3-2-4-13(17)7-11)10-12-5-6-14(18)8-15(12)16/h2-8H,9-10H2,1H3. The number of nitrogens with zero attached hydrogens (tertiary/aromatic N) is 1. The highest BCUT2D eigenvalue weighted by atomic mass is 79.9. The molecule has 2 aromatic rings. The number of hydrogen-bond donors (Lipinski definition) is 0. The summed E-state index contributed by atoms with van der Waals surface area (Å²) in [7, 11) is 2.02. The Kier molecular flexibility index (Phi) is 4.97. The smallest absolute Gasteiger partial charge is 0.124 e. The predicted octanol–water partition coefficient (Wildman–Crippen LogP) is 4.87. The Morgan fingerprint density at radius 3 is 2.63 bits per heavy atom. The molecule has 0 aromatic heterocycles. The Morgan fingerprint density at radius 1 is 1.16 bits per heavy atom. The van der Waals surface area contributed by atoms with Crippen molar-refractivity contribution in [2.45, 2.75) is 13.1 Å². The average molecular weight is 343 g/mol. The van der Waals surface area contributed by atoms with Gasteiger partial charge in [-0.25, -0.2) is 4.39 Å². The SMILES string of the molecule is CN(Cc1cccc(Cl)c1)Cc1ccc(F)cc1Br. The van der Waals surface area contributed by atoms with E-state index in [-0.39, 0.29) is 5.82 Å². The molecule has 0 saturated heterocycles. The van der Waals surface area contributed by atoms with Crippen molar-refractivity contribution in [2.24, 2.45) is 0 Å². The van der Waals surface area contributed by atoms with Gasteiger partial charge in [0, 0.05) is 22.6 Å². The summed E-state index contributed by atoms with van der Waals surface area (Å²) in [5.74, 6) is -0.229. The van der Waals surface area contributed by atoms with Gasteiger partial charge in [-0.2, -0.15) is 0 Å². The minimum absolute atomic E-state index is 0.229. The van der Waals surface area contributed by atoms with Gasteiger partial charge in [-0.05, 0) is 42.4 Å². The van der Waals surface area contributed by atoms with E-state index in [1.165, 1.54) is 12.1 Å². The summed E-state index contributed by atoms with van der Waals surface area (Å²) in [5, 5.41) is 0.744. The molecule has 19 heavy (non-hydrogen) atoms. The van der Waals surface area contributed by atoms with Crippen LogP contribution in [0.4, 0.5) is 4.39 Å². The van der Waals surface area contributed by atoms with E-state index >= 15 is 0 Å². The fourth-order valence-corrected chi connectivity index (χ4v) is 2.63. The zero-order valence-corrected chi connectivity index (χ0v) is 12.9. The summed E-state index contributed by atoms with van der Waals surface area (Å²) in [4.78, 5) is 2.16. The van der Waals surface area contributed by atoms with Gasteiger partial charge in [-0.3, -0.25) is 4.90 Å². The molecular formula is C15H14BrClFN. The lowest BCUT2D eigenvalue weighted by Gasteiger charge is -2.18. The maximum Gasteiger partial charge on any atom is 0.124 e. The van der Waals surface area contributed by atoms with E-state index in [0.29, 0.717) is 0 Å². The molecule has 0 saturated carbocycles. The minimum atomic E-state index is -0.229. The van der Waals surface area contributed by atoms with Crippen molar-refractivity contribution in [1.29, 1.82) is 0 Å². The van der Waals surface area contributed by atoms with Crippen molar-refractivity contribution in [2.75, 3.05) is 7.05 Å². The first-order chi connectivity index (χ1) is 9.04. The molecular weight excluding hydrogens is 329 g/mol. The Hall–Kier alpha value is -0.900. The number of rotatable bonds is 4. The van der Waals surface area contributed by atoms with Crippen molar-refractivity contribution >= 4 is 27.5 Å². The van der Waals surface area contributed by atoms with Crippen molar-refractivity contribution in [3.8, 4) is 0 Å². The maximum absolute atomic E-state index is 13.0. The van der Waals surface area contributed by atoms with E-state index in [2.05, 4.69) is 20.8 Å². The van der Waals surface area contributed by atoms with Gasteiger partial charge in [0.1, 0.15) is 5.82 Å². The second-order valence-electron chi connectivity index (χ2n) is 4.54. The van der Waals surface area contributed by atoms with Gasteiger partial charge >= 0.3 is 0 Å². The van der Waals surface area contributed by atoms with Crippen molar-refractivity contribution in [3.05, 3.63) is 68.9 Å². The van der Waals surface area contributed by atoms with E-state index in [4.69, 9.17) is 11.6 Å². The number of halogens is 3. The Bertz CT molecular complexity index is 574. The lowest BCUT2D eigenvalue weighted by Crippen LogP contribution is -2.17. The topological polar surface area (TPSA) is 3.24 Å². The highest BCUT2D eigenvalue weighted by Gasteiger charge is 2.06. The first kappa shape index (κ1) is 14.5. The molecule has 0 aliphatic carbocycles. The van der Waals surface area contributed by atoms with Crippen molar-refractivity contribution in [3.63, 3.8) is 0 Å². The van der Waals surface area contributed by atoms with E-state index < -0.39 is 0 Å². The van der Waals surface area contributed by atoms with E-state index in [9.17, 15) is 4.39 Å². The van der Waals surface area contributed by atoms with E-state index in [0.717, 1.165) is 33.7 Å². The molecule has 0 fully saturated rings. The third-order valence-electron chi connectivity index (χ3n) is 2.80. The Labute approximate surface area is 126 Å². The summed E-state index contributed by atoms with van der Waals surface area (Å²) in [5.41, 5.74) is 2.22. The molecule has 0 bridgehead atoms. The summed E-state index contributed by atoms with van der Waals surface area (Å²) in [6, 6.07) is 12.6. The third kappa shape index (κ3) is 4.30. The van der Waals surface area contributed by atoms with E-state index in [1.807, 2.05) is 31.3 Å². The van der Waals surface area contributed by atoms with Crippen LogP contribution in [-0.4, -0.2) is 11.9 Å². The third-order valence-corrected chi connectivity index (χ3v) is 3.77. The number of hydrogen-bond acceptors (Lipinski definition) is 1. The summed E-state index contributed by atoms with van der Waals surface area (Å²) < 4.78 is 13.8. The molecule has 2 aromatic carbocycles. The normalized spacial score (nSPS) is 11.0. The number of benzene rings is 2. The second kappa shape index (κ2) is 6.51. The zero-order chi connectivity index (χ0) is 13.8. The lowest BCUT2D eigenvalue weighted by atomic mass is 10.2. The van der Waals surface area contributed by atoms with E-state index in [1.54, 1.807) is 6.07 Å². The van der Waals surface area contributed by atoms with Gasteiger partial charge in [0.05, 0.1) is 0 Å². The van der Waals surface area contributed by atoms with Gasteiger partial charge in [-0.15, -0.1) is 0 Å². The molecule has 0 unspecified atom stereocenters. The van der Waals surface area contributed by atoms with Crippen LogP contribution in [0, 0.1) is 5.82 Å². The van der Waals surface area contributed by atoms with Crippen LogP contribution in [0.5, 0.6) is 0 Å². The van der Waals surface area contributed by atoms with Crippen LogP contribution < -0.4 is 0 Å².